The number of fused-ring (bicyclic) bond motifs is 1. The maximum atomic E-state index is 12.3. The van der Waals surface area contributed by atoms with E-state index in [1.54, 1.807) is 11.8 Å². The average molecular weight is 781 g/mol. The third kappa shape index (κ3) is 23.2. The van der Waals surface area contributed by atoms with E-state index < -0.39 is 65.2 Å². The van der Waals surface area contributed by atoms with E-state index in [9.17, 15) is 28.2 Å². The second-order valence-corrected chi connectivity index (χ2v) is 15.0. The number of carboxylic acids is 3. The summed E-state index contributed by atoms with van der Waals surface area (Å²) in [5, 5.41) is 29.8. The minimum absolute atomic E-state index is 0.0256. The molecule has 1 aromatic rings. The smallest absolute Gasteiger partial charge is 0.322 e. The molecule has 51 heavy (non-hydrogen) atoms. The van der Waals surface area contributed by atoms with Crippen LogP contribution < -0.4 is 31.6 Å². The van der Waals surface area contributed by atoms with Crippen LogP contribution >= 0.6 is 24.4 Å². The fraction of sp³-hybridized carbons (Fsp3) is 0.667. The van der Waals surface area contributed by atoms with Crippen LogP contribution in [0.2, 0.25) is 0 Å². The number of rotatable bonds is 23. The first-order valence-corrected chi connectivity index (χ1v) is 20.2. The third-order valence-corrected chi connectivity index (χ3v) is 10.1. The highest BCUT2D eigenvalue weighted by molar-refractivity contribution is 7.98. The van der Waals surface area contributed by atoms with Crippen LogP contribution in [0.3, 0.4) is 0 Å². The number of benzene rings is 1. The molecule has 0 aromatic heterocycles. The van der Waals surface area contributed by atoms with Gasteiger partial charge in [-0.15, -0.1) is 0 Å². The minimum atomic E-state index is -1.22. The number of aliphatic carboxylic acids is 3. The molecule has 0 saturated heterocycles. The summed E-state index contributed by atoms with van der Waals surface area (Å²) >= 11 is 5.48. The van der Waals surface area contributed by atoms with Crippen molar-refractivity contribution in [2.45, 2.75) is 101 Å². The Morgan fingerprint density at radius 1 is 0.961 bits per heavy atom. The van der Waals surface area contributed by atoms with Gasteiger partial charge in [0.15, 0.2) is 11.5 Å². The summed E-state index contributed by atoms with van der Waals surface area (Å²) in [4.78, 5) is 53.8. The Morgan fingerprint density at radius 2 is 1.57 bits per heavy atom. The van der Waals surface area contributed by atoms with Gasteiger partial charge in [0.05, 0.1) is 0 Å². The average Bonchev–Trinajstić information content (AvgIpc) is 3.57. The predicted octanol–water partition coefficient (Wildman–Crippen LogP) is 2.40. The van der Waals surface area contributed by atoms with Crippen LogP contribution in [-0.2, 0) is 41.2 Å². The zero-order valence-electron chi connectivity index (χ0n) is 29.7. The second-order valence-electron chi connectivity index (χ2n) is 11.7. The van der Waals surface area contributed by atoms with E-state index in [1.165, 1.54) is 37.7 Å². The lowest BCUT2D eigenvalue weighted by molar-refractivity contribution is -0.139. The quantitative estimate of drug-likeness (QED) is 0.0586. The molecule has 0 aliphatic carbocycles. The number of carbonyl (C=O) groups is 5. The highest BCUT2D eigenvalue weighted by Gasteiger charge is 2.21. The maximum Gasteiger partial charge on any atom is 0.322 e. The number of ether oxygens (including phenoxy) is 2. The molecule has 0 bridgehead atoms. The molecule has 0 saturated carbocycles. The molecule has 0 spiro atoms. The van der Waals surface area contributed by atoms with E-state index in [1.807, 2.05) is 24.5 Å². The Balaban J connectivity index is 0.000000798. The van der Waals surface area contributed by atoms with Gasteiger partial charge in [0.25, 0.3) is 0 Å². The summed E-state index contributed by atoms with van der Waals surface area (Å²) in [7, 11) is -0.743. The summed E-state index contributed by atoms with van der Waals surface area (Å²) in [5.41, 5.74) is 11.6. The summed E-state index contributed by atoms with van der Waals surface area (Å²) in [6, 6.07) is 3.17. The summed E-state index contributed by atoms with van der Waals surface area (Å²) < 4.78 is 23.0. The molecular weight excluding hydrogens is 725 g/mol. The van der Waals surface area contributed by atoms with Gasteiger partial charge >= 0.3 is 17.9 Å². The molecule has 2 unspecified atom stereocenters. The Kier molecular flexibility index (Phi) is 26.8. The zero-order chi connectivity index (χ0) is 38.8. The molecule has 9 N–H and O–H groups in total. The van der Waals surface area contributed by atoms with Crippen molar-refractivity contribution in [1.29, 1.82) is 0 Å². The Morgan fingerprint density at radius 3 is 2.16 bits per heavy atom. The van der Waals surface area contributed by atoms with Crippen LogP contribution in [0.1, 0.15) is 77.2 Å². The van der Waals surface area contributed by atoms with E-state index in [0.717, 1.165) is 35.8 Å². The Labute approximate surface area is 312 Å². The highest BCUT2D eigenvalue weighted by Crippen LogP contribution is 2.33. The number of carboxylic acid groups (broad SMARTS) is 3. The van der Waals surface area contributed by atoms with E-state index in [-0.39, 0.29) is 23.8 Å². The fourth-order valence-electron chi connectivity index (χ4n) is 4.24. The fourth-order valence-corrected chi connectivity index (χ4v) is 6.26. The van der Waals surface area contributed by atoms with E-state index in [4.69, 9.17) is 36.3 Å². The number of amides is 2. The first kappa shape index (κ1) is 47.9. The van der Waals surface area contributed by atoms with Crippen LogP contribution in [0, 0.1) is 0 Å². The number of nitrogens with one attached hydrogen (secondary N) is 2. The van der Waals surface area contributed by atoms with Crippen molar-refractivity contribution in [2.24, 2.45) is 11.5 Å². The van der Waals surface area contributed by atoms with E-state index in [2.05, 4.69) is 37.1 Å². The number of nitrogens with two attached hydrogens (primary N) is 2. The Hall–Kier alpha value is -3.06. The maximum absolute atomic E-state index is 12.3. The summed E-state index contributed by atoms with van der Waals surface area (Å²) in [6.45, 7) is 4.05. The molecule has 0 radical (unpaired) electrons. The van der Waals surface area contributed by atoms with Crippen molar-refractivity contribution in [1.82, 2.24) is 10.6 Å². The first-order valence-electron chi connectivity index (χ1n) is 16.8. The number of thioether (sulfide) groups is 1. The molecule has 18 heteroatoms. The van der Waals surface area contributed by atoms with Crippen LogP contribution in [0.25, 0.3) is 0 Å². The van der Waals surface area contributed by atoms with Crippen LogP contribution in [-0.4, -0.2) is 109 Å². The van der Waals surface area contributed by atoms with Gasteiger partial charge in [-0.3, -0.25) is 28.2 Å². The molecular formula is C33H56N4O11S3. The van der Waals surface area contributed by atoms with E-state index in [0.29, 0.717) is 13.2 Å². The van der Waals surface area contributed by atoms with Crippen LogP contribution in [0.15, 0.2) is 18.2 Å². The molecule has 1 aliphatic heterocycles. The van der Waals surface area contributed by atoms with Gasteiger partial charge in [-0.25, -0.2) is 0 Å². The number of carbonyl (C=O) groups excluding carboxylic acids is 2. The van der Waals surface area contributed by atoms with Crippen LogP contribution in [0.4, 0.5) is 0 Å². The van der Waals surface area contributed by atoms with Crippen LogP contribution in [0.5, 0.6) is 11.5 Å². The molecule has 1 heterocycles. The standard InChI is InChI=1S/C18H28O3S.C10H17N3O6S.C5H11NO2S/c1-3-4-5-6-7-8-11-22(19)15(2)12-16-9-10-17-18(13-16)21-14-20-17;11-5(10(18)19)1-2-7(14)13-6(4-20)9(17)12-3-8(15)16;1-9-3-2-4(6)5(7)8/h9-10,13,15H,3-8,11-12,14H2,1-2H3;5-6,20H,1-4,11H2,(H,12,17)(H,13,14)(H,15,16)(H,18,19);4H,2-3,6H2,1H3,(H,7,8)/t;5-,6-;4-/m.00/s1. The molecule has 15 nitrogen and oxygen atoms in total. The molecule has 2 amide bonds. The van der Waals surface area contributed by atoms with E-state index >= 15 is 0 Å². The molecule has 1 aliphatic rings. The molecule has 2 rings (SSSR count). The Bertz CT molecular complexity index is 1240. The first-order chi connectivity index (χ1) is 24.2. The van der Waals surface area contributed by atoms with Gasteiger partial charge in [-0.2, -0.15) is 24.4 Å². The number of hydrogen-bond acceptors (Lipinski definition) is 12. The predicted molar refractivity (Wildman–Crippen MR) is 202 cm³/mol. The highest BCUT2D eigenvalue weighted by atomic mass is 32.2. The number of thiol groups is 1. The summed E-state index contributed by atoms with van der Waals surface area (Å²) in [6.07, 6.45) is 10.6. The number of unbranched alkanes of at least 4 members (excludes halogenated alkanes) is 5. The molecule has 292 valence electrons. The van der Waals surface area contributed by atoms with Crippen molar-refractivity contribution >= 4 is 64.9 Å². The molecule has 1 aromatic carbocycles. The SMILES string of the molecule is CCCCCCCCS(=O)C(C)Cc1ccc2c(c1)OCO2.CSCC[C@H](N)C(=O)O.N[C@@H](CCC(=O)N[C@@H](CS)C(=O)NCC(=O)O)C(=O)O. The third-order valence-electron chi connectivity index (χ3n) is 7.31. The van der Waals surface area contributed by atoms with Gasteiger partial charge in [0.1, 0.15) is 24.7 Å². The monoisotopic (exact) mass is 780 g/mol. The lowest BCUT2D eigenvalue weighted by Gasteiger charge is -2.16. The van der Waals surface area contributed by atoms with Gasteiger partial charge in [-0.1, -0.05) is 52.0 Å². The molecule has 5 atom stereocenters. The van der Waals surface area contributed by atoms with Crippen molar-refractivity contribution in [2.75, 3.05) is 36.9 Å². The lowest BCUT2D eigenvalue weighted by Crippen LogP contribution is -2.49. The van der Waals surface area contributed by atoms with Crippen molar-refractivity contribution in [3.8, 4) is 11.5 Å². The van der Waals surface area contributed by atoms with Crippen molar-refractivity contribution in [3.63, 3.8) is 0 Å². The minimum Gasteiger partial charge on any atom is -0.480 e. The normalized spacial score (nSPS) is 14.2. The number of hydrogen-bond donors (Lipinski definition) is 8. The van der Waals surface area contributed by atoms with Gasteiger partial charge in [-0.05, 0) is 55.4 Å². The largest absolute Gasteiger partial charge is 0.480 e. The van der Waals surface area contributed by atoms with Gasteiger partial charge in [0, 0.05) is 34.0 Å². The summed E-state index contributed by atoms with van der Waals surface area (Å²) in [5.74, 6) is -1.35. The topological polar surface area (TPSA) is 258 Å². The van der Waals surface area contributed by atoms with Gasteiger partial charge < -0.3 is 46.9 Å². The van der Waals surface area contributed by atoms with Crippen molar-refractivity contribution < 1.29 is 53.0 Å². The zero-order valence-corrected chi connectivity index (χ0v) is 32.2. The lowest BCUT2D eigenvalue weighted by atomic mass is 10.1. The van der Waals surface area contributed by atoms with Gasteiger partial charge in [0.2, 0.25) is 18.6 Å². The molecule has 0 fully saturated rings. The van der Waals surface area contributed by atoms with Crippen molar-refractivity contribution in [3.05, 3.63) is 23.8 Å². The second kappa shape index (κ2) is 28.5.